The minimum Gasteiger partial charge on any atom is -0.341 e. The van der Waals surface area contributed by atoms with E-state index in [-0.39, 0.29) is 18.1 Å². The van der Waals surface area contributed by atoms with E-state index in [1.165, 1.54) is 15.5 Å². The van der Waals surface area contributed by atoms with Crippen molar-refractivity contribution in [3.8, 4) is 0 Å². The average molecular weight is 315 g/mol. The molecule has 2 fully saturated rings. The molecule has 4 rings (SSSR count). The fourth-order valence-corrected chi connectivity index (χ4v) is 3.75. The molecule has 2 aromatic heterocycles. The van der Waals surface area contributed by atoms with Crippen molar-refractivity contribution in [3.05, 3.63) is 34.9 Å². The average Bonchev–Trinajstić information content (AvgIpc) is 3.14. The standard InChI is InChI=1S/C16H21N5O2/c22-14(19-9-5-16(6-10-19)4-7-17-12-16)11-21-15(23)20-8-2-1-3-13(20)18-21/h1-3,8,17H,4-7,9-12H2. The molecule has 0 radical (unpaired) electrons. The van der Waals surface area contributed by atoms with Crippen LogP contribution in [0.15, 0.2) is 29.2 Å². The highest BCUT2D eigenvalue weighted by Crippen LogP contribution is 2.36. The van der Waals surface area contributed by atoms with Gasteiger partial charge in [-0.05, 0) is 43.4 Å². The third-order valence-corrected chi connectivity index (χ3v) is 5.28. The van der Waals surface area contributed by atoms with Crippen LogP contribution in [0.3, 0.4) is 0 Å². The van der Waals surface area contributed by atoms with Gasteiger partial charge in [0.1, 0.15) is 6.54 Å². The van der Waals surface area contributed by atoms with Crippen molar-refractivity contribution in [2.75, 3.05) is 26.2 Å². The van der Waals surface area contributed by atoms with Crippen LogP contribution in [-0.2, 0) is 11.3 Å². The Morgan fingerprint density at radius 2 is 2.09 bits per heavy atom. The fraction of sp³-hybridized carbons (Fsp3) is 0.562. The monoisotopic (exact) mass is 315 g/mol. The van der Waals surface area contributed by atoms with E-state index in [0.717, 1.165) is 39.0 Å². The lowest BCUT2D eigenvalue weighted by Gasteiger charge is -2.38. The van der Waals surface area contributed by atoms with Crippen molar-refractivity contribution in [2.45, 2.75) is 25.8 Å². The number of carbonyl (C=O) groups is 1. The van der Waals surface area contributed by atoms with Crippen LogP contribution in [0, 0.1) is 5.41 Å². The molecule has 7 heteroatoms. The summed E-state index contributed by atoms with van der Waals surface area (Å²) in [5, 5.41) is 7.66. The second kappa shape index (κ2) is 5.49. The molecule has 122 valence electrons. The molecule has 2 aliphatic rings. The van der Waals surface area contributed by atoms with E-state index >= 15 is 0 Å². The number of likely N-dealkylation sites (tertiary alicyclic amines) is 1. The zero-order chi connectivity index (χ0) is 15.9. The number of aromatic nitrogens is 3. The molecule has 0 bridgehead atoms. The van der Waals surface area contributed by atoms with Gasteiger partial charge in [-0.2, -0.15) is 0 Å². The van der Waals surface area contributed by atoms with Crippen LogP contribution in [-0.4, -0.2) is 51.2 Å². The Bertz CT molecular complexity index is 777. The number of hydrogen-bond acceptors (Lipinski definition) is 4. The second-order valence-corrected chi connectivity index (χ2v) is 6.68. The van der Waals surface area contributed by atoms with Crippen LogP contribution >= 0.6 is 0 Å². The fourth-order valence-electron chi connectivity index (χ4n) is 3.75. The van der Waals surface area contributed by atoms with E-state index < -0.39 is 0 Å². The molecule has 1 N–H and O–H groups in total. The topological polar surface area (TPSA) is 71.6 Å². The van der Waals surface area contributed by atoms with Crippen LogP contribution in [0.5, 0.6) is 0 Å². The summed E-state index contributed by atoms with van der Waals surface area (Å²) in [5.41, 5.74) is 0.693. The Kier molecular flexibility index (Phi) is 3.45. The van der Waals surface area contributed by atoms with Gasteiger partial charge in [0.05, 0.1) is 0 Å². The second-order valence-electron chi connectivity index (χ2n) is 6.68. The quantitative estimate of drug-likeness (QED) is 0.853. The Morgan fingerprint density at radius 3 is 2.78 bits per heavy atom. The van der Waals surface area contributed by atoms with Crippen LogP contribution in [0.25, 0.3) is 5.65 Å². The maximum absolute atomic E-state index is 12.5. The van der Waals surface area contributed by atoms with Crippen LogP contribution in [0.2, 0.25) is 0 Å². The van der Waals surface area contributed by atoms with Crippen molar-refractivity contribution in [1.29, 1.82) is 0 Å². The van der Waals surface area contributed by atoms with Gasteiger partial charge in [0, 0.05) is 25.8 Å². The number of hydrogen-bond donors (Lipinski definition) is 1. The molecule has 23 heavy (non-hydrogen) atoms. The predicted molar refractivity (Wildman–Crippen MR) is 85.2 cm³/mol. The van der Waals surface area contributed by atoms with E-state index in [2.05, 4.69) is 10.4 Å². The summed E-state index contributed by atoms with van der Waals surface area (Å²) in [6.07, 6.45) is 4.97. The molecule has 1 amide bonds. The van der Waals surface area contributed by atoms with Gasteiger partial charge < -0.3 is 10.2 Å². The molecule has 1 spiro atoms. The van der Waals surface area contributed by atoms with Gasteiger partial charge in [0.2, 0.25) is 5.91 Å². The summed E-state index contributed by atoms with van der Waals surface area (Å²) >= 11 is 0. The maximum Gasteiger partial charge on any atom is 0.350 e. The van der Waals surface area contributed by atoms with Gasteiger partial charge in [0.25, 0.3) is 0 Å². The van der Waals surface area contributed by atoms with E-state index in [1.807, 2.05) is 11.0 Å². The number of nitrogens with one attached hydrogen (secondary N) is 1. The van der Waals surface area contributed by atoms with Gasteiger partial charge in [-0.25, -0.2) is 9.48 Å². The lowest BCUT2D eigenvalue weighted by Crippen LogP contribution is -2.45. The molecule has 0 unspecified atom stereocenters. The molecular formula is C16H21N5O2. The van der Waals surface area contributed by atoms with Crippen molar-refractivity contribution in [1.82, 2.24) is 24.4 Å². The first kappa shape index (κ1) is 14.4. The molecule has 0 aromatic carbocycles. The molecule has 2 aromatic rings. The summed E-state index contributed by atoms with van der Waals surface area (Å²) in [4.78, 5) is 26.6. The normalized spacial score (nSPS) is 20.4. The Labute approximate surface area is 133 Å². The van der Waals surface area contributed by atoms with Gasteiger partial charge >= 0.3 is 5.69 Å². The summed E-state index contributed by atoms with van der Waals surface area (Å²) in [6.45, 7) is 3.74. The number of nitrogens with zero attached hydrogens (tertiary/aromatic N) is 4. The van der Waals surface area contributed by atoms with Gasteiger partial charge in [-0.3, -0.25) is 9.20 Å². The van der Waals surface area contributed by atoms with E-state index in [0.29, 0.717) is 11.1 Å². The smallest absolute Gasteiger partial charge is 0.341 e. The van der Waals surface area contributed by atoms with Crippen LogP contribution in [0.1, 0.15) is 19.3 Å². The highest BCUT2D eigenvalue weighted by atomic mass is 16.2. The van der Waals surface area contributed by atoms with E-state index in [9.17, 15) is 9.59 Å². The Balaban J connectivity index is 1.45. The van der Waals surface area contributed by atoms with Crippen molar-refractivity contribution >= 4 is 11.6 Å². The number of fused-ring (bicyclic) bond motifs is 1. The highest BCUT2D eigenvalue weighted by Gasteiger charge is 2.38. The third kappa shape index (κ3) is 2.55. The minimum atomic E-state index is -0.262. The summed E-state index contributed by atoms with van der Waals surface area (Å²) in [6, 6.07) is 5.37. The van der Waals surface area contributed by atoms with E-state index in [4.69, 9.17) is 0 Å². The van der Waals surface area contributed by atoms with Crippen molar-refractivity contribution in [2.24, 2.45) is 5.41 Å². The third-order valence-electron chi connectivity index (χ3n) is 5.28. The predicted octanol–water partition coefficient (Wildman–Crippen LogP) is 0.0981. The molecule has 0 saturated carbocycles. The minimum absolute atomic E-state index is 0.0173. The van der Waals surface area contributed by atoms with E-state index in [1.54, 1.807) is 18.3 Å². The largest absolute Gasteiger partial charge is 0.350 e. The number of carbonyl (C=O) groups excluding carboxylic acids is 1. The number of piperidine rings is 1. The summed E-state index contributed by atoms with van der Waals surface area (Å²) < 4.78 is 2.72. The first-order valence-electron chi connectivity index (χ1n) is 8.20. The van der Waals surface area contributed by atoms with Gasteiger partial charge in [-0.15, -0.1) is 5.10 Å². The lowest BCUT2D eigenvalue weighted by molar-refractivity contribution is -0.134. The molecule has 4 heterocycles. The van der Waals surface area contributed by atoms with Crippen molar-refractivity contribution < 1.29 is 4.79 Å². The highest BCUT2D eigenvalue weighted by molar-refractivity contribution is 5.76. The summed E-state index contributed by atoms with van der Waals surface area (Å²) in [7, 11) is 0. The summed E-state index contributed by atoms with van der Waals surface area (Å²) in [5.74, 6) is -0.0173. The zero-order valence-corrected chi connectivity index (χ0v) is 13.1. The molecule has 2 saturated heterocycles. The maximum atomic E-state index is 12.5. The SMILES string of the molecule is O=C(Cn1nc2ccccn2c1=O)N1CCC2(CCNC2)CC1. The molecular weight excluding hydrogens is 294 g/mol. The Morgan fingerprint density at radius 1 is 1.26 bits per heavy atom. The lowest BCUT2D eigenvalue weighted by atomic mass is 9.78. The van der Waals surface area contributed by atoms with Gasteiger partial charge in [-0.1, -0.05) is 6.07 Å². The van der Waals surface area contributed by atoms with Crippen LogP contribution in [0.4, 0.5) is 0 Å². The molecule has 0 atom stereocenters. The first-order chi connectivity index (χ1) is 11.2. The number of pyridine rings is 1. The van der Waals surface area contributed by atoms with Gasteiger partial charge in [0.15, 0.2) is 5.65 Å². The molecule has 7 nitrogen and oxygen atoms in total. The Hall–Kier alpha value is -2.15. The first-order valence-corrected chi connectivity index (χ1v) is 8.20. The molecule has 0 aliphatic carbocycles. The number of rotatable bonds is 2. The van der Waals surface area contributed by atoms with Crippen LogP contribution < -0.4 is 11.0 Å². The number of amides is 1. The zero-order valence-electron chi connectivity index (χ0n) is 13.1. The molecule has 2 aliphatic heterocycles. The van der Waals surface area contributed by atoms with Crippen molar-refractivity contribution in [3.63, 3.8) is 0 Å².